The largest absolute Gasteiger partial charge is 0.459 e. The summed E-state index contributed by atoms with van der Waals surface area (Å²) in [7, 11) is -0.0545. The Kier molecular flexibility index (Phi) is 6.39. The average molecular weight is 536 g/mol. The summed E-state index contributed by atoms with van der Waals surface area (Å²) < 4.78 is 20.5. The monoisotopic (exact) mass is 535 g/mol. The van der Waals surface area contributed by atoms with Gasteiger partial charge in [0.2, 0.25) is 5.60 Å². The lowest BCUT2D eigenvalue weighted by atomic mass is 9.94. The Balaban J connectivity index is 1.48. The van der Waals surface area contributed by atoms with Gasteiger partial charge in [0.1, 0.15) is 30.4 Å². The van der Waals surface area contributed by atoms with E-state index in [1.54, 1.807) is 22.7 Å². The first-order chi connectivity index (χ1) is 16.4. The maximum atomic E-state index is 14.4. The van der Waals surface area contributed by atoms with Crippen LogP contribution < -0.4 is 5.73 Å². The summed E-state index contributed by atoms with van der Waals surface area (Å²) in [5.74, 6) is -0.277. The van der Waals surface area contributed by atoms with E-state index >= 15 is 0 Å². The van der Waals surface area contributed by atoms with Gasteiger partial charge in [0, 0.05) is 19.4 Å². The van der Waals surface area contributed by atoms with E-state index in [1.165, 1.54) is 0 Å². The number of carbonyl (C=O) groups is 1. The number of hydrogen-bond acceptors (Lipinski definition) is 7. The Morgan fingerprint density at radius 1 is 1.11 bits per heavy atom. The summed E-state index contributed by atoms with van der Waals surface area (Å²) in [5.41, 5.74) is 4.74. The van der Waals surface area contributed by atoms with Crippen LogP contribution in [-0.2, 0) is 24.3 Å². The van der Waals surface area contributed by atoms with Crippen LogP contribution in [0.2, 0.25) is 18.1 Å². The molecule has 5 rings (SSSR count). The summed E-state index contributed by atoms with van der Waals surface area (Å²) in [6.07, 6.45) is 2.04. The minimum atomic E-state index is -2.36. The predicted molar refractivity (Wildman–Crippen MR) is 143 cm³/mol. The van der Waals surface area contributed by atoms with Gasteiger partial charge >= 0.3 is 5.97 Å². The molecule has 2 aromatic rings. The molecule has 4 unspecified atom stereocenters. The zero-order valence-corrected chi connectivity index (χ0v) is 24.3. The maximum absolute atomic E-state index is 14.4. The molecule has 4 atom stereocenters. The van der Waals surface area contributed by atoms with Gasteiger partial charge in [-0.25, -0.2) is 4.79 Å². The number of nitrogens with zero attached hydrogens (tertiary/aromatic N) is 1. The molecule has 9 heteroatoms. The number of thiophene rings is 2. The first-order valence-electron chi connectivity index (χ1n) is 12.6. The number of hydrogen-bond donors (Lipinski definition) is 1. The summed E-state index contributed by atoms with van der Waals surface area (Å²) in [4.78, 5) is 16.2. The Morgan fingerprint density at radius 3 is 2.09 bits per heavy atom. The van der Waals surface area contributed by atoms with Crippen molar-refractivity contribution in [2.45, 2.75) is 87.7 Å². The molecule has 5 heterocycles. The molecule has 3 aliphatic heterocycles. The Hall–Kier alpha value is -1.07. The first-order valence-corrected chi connectivity index (χ1v) is 17.3. The number of morpholine rings is 1. The standard InChI is InChI=1S/C26H39N2O4S2Si/c1-25(2,3)35(5,6)32-26(20-9-7-13-33-20,21-10-8-14-34-21)24(29)30-17-15-18-22-23(31-22)19(16-17)28(18,4)12-11-27/h7-10,13-14,17-19,22-23H,11-12,15-16,27H2,1-6H3/q+1. The van der Waals surface area contributed by atoms with E-state index in [1.807, 2.05) is 35.0 Å². The van der Waals surface area contributed by atoms with E-state index in [0.29, 0.717) is 18.6 Å². The van der Waals surface area contributed by atoms with Crippen LogP contribution in [-0.4, -0.2) is 69.3 Å². The fourth-order valence-electron chi connectivity index (χ4n) is 5.96. The van der Waals surface area contributed by atoms with Gasteiger partial charge in [-0.3, -0.25) is 0 Å². The zero-order chi connectivity index (χ0) is 25.2. The van der Waals surface area contributed by atoms with Crippen molar-refractivity contribution in [1.82, 2.24) is 0 Å². The van der Waals surface area contributed by atoms with Gasteiger partial charge in [-0.2, -0.15) is 0 Å². The summed E-state index contributed by atoms with van der Waals surface area (Å²) >= 11 is 3.13. The second kappa shape index (κ2) is 8.75. The van der Waals surface area contributed by atoms with E-state index in [-0.39, 0.29) is 29.3 Å². The molecule has 2 bridgehead atoms. The van der Waals surface area contributed by atoms with Gasteiger partial charge in [0.25, 0.3) is 0 Å². The molecule has 3 saturated heterocycles. The molecule has 3 fully saturated rings. The number of fused-ring (bicyclic) bond motifs is 5. The normalized spacial score (nSPS) is 32.4. The molecule has 192 valence electrons. The highest BCUT2D eigenvalue weighted by molar-refractivity contribution is 7.12. The van der Waals surface area contributed by atoms with Crippen LogP contribution in [0, 0.1) is 0 Å². The van der Waals surface area contributed by atoms with Gasteiger partial charge in [-0.1, -0.05) is 32.9 Å². The number of likely N-dealkylation sites (N-methyl/N-ethyl adjacent to an activating group) is 1. The zero-order valence-electron chi connectivity index (χ0n) is 21.7. The van der Waals surface area contributed by atoms with Crippen LogP contribution >= 0.6 is 22.7 Å². The number of epoxide rings is 1. The minimum absolute atomic E-state index is 0.0584. The molecular weight excluding hydrogens is 497 g/mol. The van der Waals surface area contributed by atoms with Crippen LogP contribution in [0.25, 0.3) is 0 Å². The third-order valence-corrected chi connectivity index (χ3v) is 15.3. The van der Waals surface area contributed by atoms with Crippen molar-refractivity contribution in [2.24, 2.45) is 5.73 Å². The third kappa shape index (κ3) is 4.07. The molecule has 0 radical (unpaired) electrons. The molecule has 6 nitrogen and oxygen atoms in total. The first kappa shape index (κ1) is 25.6. The van der Waals surface area contributed by atoms with Gasteiger partial charge < -0.3 is 24.1 Å². The van der Waals surface area contributed by atoms with Gasteiger partial charge in [0.05, 0.1) is 23.3 Å². The van der Waals surface area contributed by atoms with Crippen LogP contribution in [0.3, 0.4) is 0 Å². The predicted octanol–water partition coefficient (Wildman–Crippen LogP) is 4.70. The van der Waals surface area contributed by atoms with E-state index in [2.05, 4.69) is 40.9 Å². The van der Waals surface area contributed by atoms with Crippen molar-refractivity contribution in [3.8, 4) is 0 Å². The molecule has 0 saturated carbocycles. The highest BCUT2D eigenvalue weighted by Gasteiger charge is 2.72. The maximum Gasteiger partial charge on any atom is 0.348 e. The average Bonchev–Trinajstić information content (AvgIpc) is 3.11. The minimum Gasteiger partial charge on any atom is -0.459 e. The van der Waals surface area contributed by atoms with Crippen molar-refractivity contribution >= 4 is 37.0 Å². The van der Waals surface area contributed by atoms with Crippen molar-refractivity contribution in [3.05, 3.63) is 44.8 Å². The van der Waals surface area contributed by atoms with Gasteiger partial charge in [0.15, 0.2) is 8.32 Å². The summed E-state index contributed by atoms with van der Waals surface area (Å²) in [6, 6.07) is 8.68. The fourth-order valence-corrected chi connectivity index (χ4v) is 9.27. The topological polar surface area (TPSA) is 74.1 Å². The number of quaternary nitrogens is 1. The van der Waals surface area contributed by atoms with Gasteiger partial charge in [-0.05, 0) is 41.0 Å². The fraction of sp³-hybridized carbons (Fsp3) is 0.654. The lowest BCUT2D eigenvalue weighted by Crippen LogP contribution is -2.64. The molecule has 2 aromatic heterocycles. The van der Waals surface area contributed by atoms with Crippen LogP contribution in [0.15, 0.2) is 35.0 Å². The van der Waals surface area contributed by atoms with Crippen LogP contribution in [0.4, 0.5) is 0 Å². The van der Waals surface area contributed by atoms with Gasteiger partial charge in [-0.15, -0.1) is 22.7 Å². The van der Waals surface area contributed by atoms with E-state index in [4.69, 9.17) is 19.6 Å². The lowest BCUT2D eigenvalue weighted by molar-refractivity contribution is -0.954. The van der Waals surface area contributed by atoms with Crippen molar-refractivity contribution in [2.75, 3.05) is 20.1 Å². The molecule has 0 aliphatic carbocycles. The molecule has 0 spiro atoms. The smallest absolute Gasteiger partial charge is 0.348 e. The number of carbonyl (C=O) groups excluding carboxylic acids is 1. The van der Waals surface area contributed by atoms with E-state index in [0.717, 1.165) is 33.6 Å². The van der Waals surface area contributed by atoms with E-state index < -0.39 is 13.9 Å². The van der Waals surface area contributed by atoms with Crippen molar-refractivity contribution in [3.63, 3.8) is 0 Å². The Labute approximate surface area is 218 Å². The highest BCUT2D eigenvalue weighted by Crippen LogP contribution is 2.53. The number of piperidine rings is 1. The second-order valence-electron chi connectivity index (χ2n) is 12.1. The van der Waals surface area contributed by atoms with Crippen molar-refractivity contribution < 1.29 is 23.2 Å². The van der Waals surface area contributed by atoms with E-state index in [9.17, 15) is 4.79 Å². The Morgan fingerprint density at radius 2 is 1.66 bits per heavy atom. The SMILES string of the molecule is CC(C)(C)[Si](C)(C)OC(C(=O)OC1CC2C3OC3C(C1)[N+]2(C)CCN)(c1cccs1)c1cccs1. The van der Waals surface area contributed by atoms with Crippen LogP contribution in [0.5, 0.6) is 0 Å². The lowest BCUT2D eigenvalue weighted by Gasteiger charge is -2.48. The molecule has 3 aliphatic rings. The Bertz CT molecular complexity index is 998. The number of ether oxygens (including phenoxy) is 2. The third-order valence-electron chi connectivity index (χ3n) is 8.97. The number of esters is 1. The summed E-state index contributed by atoms with van der Waals surface area (Å²) in [5, 5.41) is 3.97. The number of rotatable bonds is 8. The van der Waals surface area contributed by atoms with Crippen LogP contribution in [0.1, 0.15) is 43.4 Å². The second-order valence-corrected chi connectivity index (χ2v) is 18.7. The molecular formula is C26H39N2O4S2Si+. The number of nitrogens with two attached hydrogens (primary N) is 1. The molecule has 35 heavy (non-hydrogen) atoms. The molecule has 0 aromatic carbocycles. The highest BCUT2D eigenvalue weighted by atomic mass is 32.1. The molecule has 0 amide bonds. The quantitative estimate of drug-likeness (QED) is 0.229. The molecule has 2 N–H and O–H groups in total. The summed E-state index contributed by atoms with van der Waals surface area (Å²) in [6.45, 7) is 12.6. The van der Waals surface area contributed by atoms with Crippen molar-refractivity contribution in [1.29, 1.82) is 0 Å².